The van der Waals surface area contributed by atoms with Crippen molar-refractivity contribution in [2.45, 2.75) is 19.4 Å². The largest absolute Gasteiger partial charge is 0.469 e. The number of aromatic nitrogens is 2. The molecule has 0 saturated heterocycles. The molecule has 18 heavy (non-hydrogen) atoms. The van der Waals surface area contributed by atoms with E-state index in [0.717, 1.165) is 30.5 Å². The van der Waals surface area contributed by atoms with E-state index in [-0.39, 0.29) is 5.97 Å². The summed E-state index contributed by atoms with van der Waals surface area (Å²) < 4.78 is 4.58. The lowest BCUT2D eigenvalue weighted by atomic mass is 10.2. The number of carbonyl (C=O) groups is 1. The number of H-pyrrole nitrogens is 1. The van der Waals surface area contributed by atoms with Crippen LogP contribution >= 0.6 is 0 Å². The normalized spacial score (nSPS) is 10.7. The third kappa shape index (κ3) is 3.07. The van der Waals surface area contributed by atoms with Gasteiger partial charge in [0.25, 0.3) is 0 Å². The van der Waals surface area contributed by atoms with E-state index in [1.165, 1.54) is 12.7 Å². The van der Waals surface area contributed by atoms with Crippen LogP contribution in [0.25, 0.3) is 11.0 Å². The van der Waals surface area contributed by atoms with Crippen molar-refractivity contribution < 1.29 is 9.53 Å². The van der Waals surface area contributed by atoms with E-state index in [1.807, 2.05) is 18.3 Å². The molecule has 0 aliphatic carbocycles. The van der Waals surface area contributed by atoms with Crippen LogP contribution in [0.15, 0.2) is 24.5 Å². The first-order valence-electron chi connectivity index (χ1n) is 6.00. The second kappa shape index (κ2) is 6.16. The van der Waals surface area contributed by atoms with Crippen molar-refractivity contribution in [3.05, 3.63) is 30.1 Å². The van der Waals surface area contributed by atoms with Crippen LogP contribution in [-0.4, -0.2) is 29.6 Å². The first kappa shape index (κ1) is 12.6. The van der Waals surface area contributed by atoms with Crippen LogP contribution in [-0.2, 0) is 16.1 Å². The van der Waals surface area contributed by atoms with E-state index in [2.05, 4.69) is 20.0 Å². The molecule has 2 rings (SSSR count). The molecule has 0 unspecified atom stereocenters. The third-order valence-corrected chi connectivity index (χ3v) is 2.81. The van der Waals surface area contributed by atoms with Crippen molar-refractivity contribution in [2.24, 2.45) is 0 Å². The third-order valence-electron chi connectivity index (χ3n) is 2.81. The molecule has 2 N–H and O–H groups in total. The predicted molar refractivity (Wildman–Crippen MR) is 69.1 cm³/mol. The second-order valence-corrected chi connectivity index (χ2v) is 4.07. The fraction of sp³-hybridized carbons (Fsp3) is 0.385. The molecule has 5 nitrogen and oxygen atoms in total. The zero-order chi connectivity index (χ0) is 12.8. The zero-order valence-electron chi connectivity index (χ0n) is 10.4. The molecule has 5 heteroatoms. The molecule has 0 aliphatic rings. The maximum atomic E-state index is 10.9. The van der Waals surface area contributed by atoms with Crippen LogP contribution in [0.2, 0.25) is 0 Å². The predicted octanol–water partition coefficient (Wildman–Crippen LogP) is 1.61. The Morgan fingerprint density at radius 3 is 3.28 bits per heavy atom. The topological polar surface area (TPSA) is 67.0 Å². The number of pyridine rings is 1. The van der Waals surface area contributed by atoms with Gasteiger partial charge in [0.05, 0.1) is 7.11 Å². The maximum Gasteiger partial charge on any atom is 0.305 e. The molecule has 2 aromatic heterocycles. The molecule has 0 fully saturated rings. The molecule has 0 radical (unpaired) electrons. The number of nitrogens with one attached hydrogen (secondary N) is 2. The van der Waals surface area contributed by atoms with E-state index in [1.54, 1.807) is 6.20 Å². The van der Waals surface area contributed by atoms with Gasteiger partial charge in [-0.15, -0.1) is 0 Å². The molecular weight excluding hydrogens is 230 g/mol. The van der Waals surface area contributed by atoms with E-state index >= 15 is 0 Å². The lowest BCUT2D eigenvalue weighted by molar-refractivity contribution is -0.140. The monoisotopic (exact) mass is 247 g/mol. The summed E-state index contributed by atoms with van der Waals surface area (Å²) in [4.78, 5) is 18.3. The molecule has 0 spiro atoms. The van der Waals surface area contributed by atoms with Crippen LogP contribution in [0.4, 0.5) is 0 Å². The van der Waals surface area contributed by atoms with Gasteiger partial charge >= 0.3 is 5.97 Å². The van der Waals surface area contributed by atoms with Crippen LogP contribution in [0, 0.1) is 0 Å². The highest BCUT2D eigenvalue weighted by atomic mass is 16.5. The number of fused-ring (bicyclic) bond motifs is 1. The minimum absolute atomic E-state index is 0.159. The van der Waals surface area contributed by atoms with E-state index in [0.29, 0.717) is 6.42 Å². The van der Waals surface area contributed by atoms with Crippen LogP contribution < -0.4 is 5.32 Å². The summed E-state index contributed by atoms with van der Waals surface area (Å²) in [5.74, 6) is -0.159. The van der Waals surface area contributed by atoms with Gasteiger partial charge in [-0.25, -0.2) is 4.98 Å². The molecular formula is C13H17N3O2. The second-order valence-electron chi connectivity index (χ2n) is 4.07. The number of carbonyl (C=O) groups excluding carboxylic acids is 1. The van der Waals surface area contributed by atoms with Crippen LogP contribution in [0.1, 0.15) is 18.4 Å². The highest BCUT2D eigenvalue weighted by Crippen LogP contribution is 2.14. The van der Waals surface area contributed by atoms with Gasteiger partial charge in [0.1, 0.15) is 5.65 Å². The number of ether oxygens (including phenoxy) is 1. The summed E-state index contributed by atoms with van der Waals surface area (Å²) in [6, 6.07) is 3.97. The smallest absolute Gasteiger partial charge is 0.305 e. The standard InChI is InChI=1S/C13H17N3O2/c1-18-12(17)5-3-6-14-8-10-9-16-13-11(10)4-2-7-15-13/h2,4,7,9,14H,3,5-6,8H2,1H3,(H,15,16). The number of rotatable bonds is 6. The molecule has 0 aromatic carbocycles. The SMILES string of the molecule is COC(=O)CCCNCc1c[nH]c2ncccc12. The molecule has 0 amide bonds. The number of hydrogen-bond acceptors (Lipinski definition) is 4. The Balaban J connectivity index is 1.78. The lowest BCUT2D eigenvalue weighted by Gasteiger charge is -2.03. The van der Waals surface area contributed by atoms with E-state index in [4.69, 9.17) is 0 Å². The van der Waals surface area contributed by atoms with Crippen LogP contribution in [0.5, 0.6) is 0 Å². The van der Waals surface area contributed by atoms with Gasteiger partial charge in [-0.3, -0.25) is 4.79 Å². The van der Waals surface area contributed by atoms with Crippen molar-refractivity contribution in [3.8, 4) is 0 Å². The van der Waals surface area contributed by atoms with Crippen molar-refractivity contribution in [3.63, 3.8) is 0 Å². The molecule has 0 bridgehead atoms. The summed E-state index contributed by atoms with van der Waals surface area (Å²) in [5, 5.41) is 4.44. The van der Waals surface area contributed by atoms with Gasteiger partial charge in [0, 0.05) is 30.7 Å². The van der Waals surface area contributed by atoms with Gasteiger partial charge in [0.2, 0.25) is 0 Å². The summed E-state index contributed by atoms with van der Waals surface area (Å²) >= 11 is 0. The zero-order valence-corrected chi connectivity index (χ0v) is 10.4. The molecule has 0 aliphatic heterocycles. The minimum Gasteiger partial charge on any atom is -0.469 e. The fourth-order valence-electron chi connectivity index (χ4n) is 1.84. The number of methoxy groups -OCH3 is 1. The fourth-order valence-corrected chi connectivity index (χ4v) is 1.84. The van der Waals surface area contributed by atoms with Crippen molar-refractivity contribution >= 4 is 17.0 Å². The Labute approximate surface area is 106 Å². The highest BCUT2D eigenvalue weighted by Gasteiger charge is 2.03. The molecule has 0 saturated carbocycles. The minimum atomic E-state index is -0.159. The summed E-state index contributed by atoms with van der Waals surface area (Å²) in [6.07, 6.45) is 4.98. The van der Waals surface area contributed by atoms with Crippen molar-refractivity contribution in [1.82, 2.24) is 15.3 Å². The van der Waals surface area contributed by atoms with E-state index < -0.39 is 0 Å². The van der Waals surface area contributed by atoms with Gasteiger partial charge < -0.3 is 15.0 Å². The molecule has 2 aromatic rings. The van der Waals surface area contributed by atoms with Crippen molar-refractivity contribution in [2.75, 3.05) is 13.7 Å². The lowest BCUT2D eigenvalue weighted by Crippen LogP contribution is -2.15. The first-order valence-corrected chi connectivity index (χ1v) is 6.00. The number of hydrogen-bond donors (Lipinski definition) is 2. The Bertz CT molecular complexity index is 522. The first-order chi connectivity index (χ1) is 8.81. The Morgan fingerprint density at radius 1 is 1.56 bits per heavy atom. The van der Waals surface area contributed by atoms with Gasteiger partial charge in [-0.1, -0.05) is 0 Å². The number of nitrogens with zero attached hydrogens (tertiary/aromatic N) is 1. The summed E-state index contributed by atoms with van der Waals surface area (Å²) in [6.45, 7) is 1.56. The summed E-state index contributed by atoms with van der Waals surface area (Å²) in [5.41, 5.74) is 2.10. The van der Waals surface area contributed by atoms with Crippen molar-refractivity contribution in [1.29, 1.82) is 0 Å². The number of aromatic amines is 1. The molecule has 0 atom stereocenters. The Morgan fingerprint density at radius 2 is 2.44 bits per heavy atom. The quantitative estimate of drug-likeness (QED) is 0.601. The van der Waals surface area contributed by atoms with Gasteiger partial charge in [-0.05, 0) is 30.7 Å². The van der Waals surface area contributed by atoms with Crippen LogP contribution in [0.3, 0.4) is 0 Å². The molecule has 96 valence electrons. The van der Waals surface area contributed by atoms with Gasteiger partial charge in [0.15, 0.2) is 0 Å². The maximum absolute atomic E-state index is 10.9. The van der Waals surface area contributed by atoms with Gasteiger partial charge in [-0.2, -0.15) is 0 Å². The average molecular weight is 247 g/mol. The Hall–Kier alpha value is -1.88. The number of esters is 1. The highest BCUT2D eigenvalue weighted by molar-refractivity contribution is 5.79. The Kier molecular flexibility index (Phi) is 4.30. The average Bonchev–Trinajstić information content (AvgIpc) is 2.81. The molecule has 2 heterocycles. The summed E-state index contributed by atoms with van der Waals surface area (Å²) in [7, 11) is 1.41. The van der Waals surface area contributed by atoms with E-state index in [9.17, 15) is 4.79 Å².